The average Bonchev–Trinajstić information content (AvgIpc) is 3.06. The third kappa shape index (κ3) is 4.76. The van der Waals surface area contributed by atoms with E-state index in [9.17, 15) is 4.79 Å². The predicted molar refractivity (Wildman–Crippen MR) is 107 cm³/mol. The number of aryl methyl sites for hydroxylation is 1. The topological polar surface area (TPSA) is 53.4 Å². The second kappa shape index (κ2) is 8.23. The number of hydrogen-bond donors (Lipinski definition) is 1. The first-order chi connectivity index (χ1) is 12.9. The van der Waals surface area contributed by atoms with Gasteiger partial charge in [0.15, 0.2) is 0 Å². The van der Waals surface area contributed by atoms with Crippen molar-refractivity contribution >= 4 is 5.91 Å². The summed E-state index contributed by atoms with van der Waals surface area (Å²) in [7, 11) is 2.01. The first kappa shape index (κ1) is 19.6. The molecule has 1 atom stereocenters. The van der Waals surface area contributed by atoms with Crippen LogP contribution in [0.5, 0.6) is 0 Å². The fourth-order valence-corrected chi connectivity index (χ4v) is 3.61. The van der Waals surface area contributed by atoms with Crippen molar-refractivity contribution in [1.82, 2.24) is 24.7 Å². The molecule has 1 aliphatic heterocycles. The van der Waals surface area contributed by atoms with Crippen molar-refractivity contribution in [3.05, 3.63) is 54.1 Å². The molecule has 0 saturated carbocycles. The second-order valence-electron chi connectivity index (χ2n) is 8.22. The zero-order valence-electron chi connectivity index (χ0n) is 16.9. The van der Waals surface area contributed by atoms with Crippen molar-refractivity contribution in [2.75, 3.05) is 26.2 Å². The maximum atomic E-state index is 13.3. The maximum absolute atomic E-state index is 13.3. The minimum Gasteiger partial charge on any atom is -0.337 e. The minimum absolute atomic E-state index is 0.112. The Kier molecular flexibility index (Phi) is 5.97. The normalized spacial score (nSPS) is 18.4. The number of aromatic nitrogens is 2. The number of nitrogens with zero attached hydrogens (tertiary/aromatic N) is 4. The Bertz CT molecular complexity index is 749. The lowest BCUT2D eigenvalue weighted by Crippen LogP contribution is -2.53. The van der Waals surface area contributed by atoms with Crippen molar-refractivity contribution in [1.29, 1.82) is 0 Å². The molecule has 1 fully saturated rings. The van der Waals surface area contributed by atoms with Crippen LogP contribution >= 0.6 is 0 Å². The van der Waals surface area contributed by atoms with Crippen LogP contribution in [0.2, 0.25) is 0 Å². The van der Waals surface area contributed by atoms with E-state index in [1.165, 1.54) is 0 Å². The molecule has 0 bridgehead atoms. The molecule has 0 spiro atoms. The zero-order valence-corrected chi connectivity index (χ0v) is 16.9. The standard InChI is InChI=1S/C21H31N5O/c1-21(2,3)26(15-17-8-6-5-7-9-17)19(27)16-25-13-10-22-14-18(25)20-23-11-12-24(20)4/h5-9,11-12,18,22H,10,13-16H2,1-4H3. The Morgan fingerprint density at radius 3 is 2.67 bits per heavy atom. The highest BCUT2D eigenvalue weighted by Crippen LogP contribution is 2.23. The van der Waals surface area contributed by atoms with E-state index in [1.807, 2.05) is 47.1 Å². The molecule has 6 heteroatoms. The Morgan fingerprint density at radius 2 is 2.04 bits per heavy atom. The Morgan fingerprint density at radius 1 is 1.30 bits per heavy atom. The first-order valence-corrected chi connectivity index (χ1v) is 9.62. The molecule has 6 nitrogen and oxygen atoms in total. The number of carbonyl (C=O) groups excluding carboxylic acids is 1. The van der Waals surface area contributed by atoms with E-state index < -0.39 is 0 Å². The highest BCUT2D eigenvalue weighted by Gasteiger charge is 2.32. The molecule has 2 aromatic rings. The number of nitrogens with one attached hydrogen (secondary N) is 1. The molecule has 1 unspecified atom stereocenters. The molecule has 1 aromatic carbocycles. The van der Waals surface area contributed by atoms with Gasteiger partial charge in [-0.05, 0) is 26.3 Å². The highest BCUT2D eigenvalue weighted by atomic mass is 16.2. The van der Waals surface area contributed by atoms with Gasteiger partial charge < -0.3 is 14.8 Å². The molecule has 1 aliphatic rings. The second-order valence-corrected chi connectivity index (χ2v) is 8.22. The van der Waals surface area contributed by atoms with Crippen molar-refractivity contribution in [2.45, 2.75) is 38.9 Å². The number of amides is 1. The van der Waals surface area contributed by atoms with Crippen LogP contribution in [0.3, 0.4) is 0 Å². The van der Waals surface area contributed by atoms with Crippen LogP contribution in [0.4, 0.5) is 0 Å². The number of hydrogen-bond acceptors (Lipinski definition) is 4. The summed E-state index contributed by atoms with van der Waals surface area (Å²) in [5.74, 6) is 1.16. The molecule has 1 N–H and O–H groups in total. The van der Waals surface area contributed by atoms with Gasteiger partial charge in [0.1, 0.15) is 5.82 Å². The molecule has 27 heavy (non-hydrogen) atoms. The van der Waals surface area contributed by atoms with Crippen molar-refractivity contribution in [2.24, 2.45) is 7.05 Å². The summed E-state index contributed by atoms with van der Waals surface area (Å²) in [4.78, 5) is 22.1. The van der Waals surface area contributed by atoms with Crippen LogP contribution in [0.25, 0.3) is 0 Å². The molecule has 146 valence electrons. The lowest BCUT2D eigenvalue weighted by molar-refractivity contribution is -0.139. The molecule has 1 amide bonds. The monoisotopic (exact) mass is 369 g/mol. The fourth-order valence-electron chi connectivity index (χ4n) is 3.61. The zero-order chi connectivity index (χ0) is 19.4. The number of carbonyl (C=O) groups is 1. The van der Waals surface area contributed by atoms with Crippen molar-refractivity contribution in [3.63, 3.8) is 0 Å². The van der Waals surface area contributed by atoms with E-state index in [4.69, 9.17) is 0 Å². The molecule has 3 rings (SSSR count). The molecule has 2 heterocycles. The van der Waals surface area contributed by atoms with Crippen LogP contribution in [0, 0.1) is 0 Å². The maximum Gasteiger partial charge on any atom is 0.237 e. The summed E-state index contributed by atoms with van der Waals surface area (Å²) >= 11 is 0. The van der Waals surface area contributed by atoms with E-state index in [0.29, 0.717) is 13.1 Å². The summed E-state index contributed by atoms with van der Waals surface area (Å²) in [6.07, 6.45) is 3.78. The number of rotatable bonds is 5. The minimum atomic E-state index is -0.236. The number of benzene rings is 1. The largest absolute Gasteiger partial charge is 0.337 e. The molecular weight excluding hydrogens is 338 g/mol. The van der Waals surface area contributed by atoms with Gasteiger partial charge in [0, 0.05) is 51.2 Å². The molecule has 0 radical (unpaired) electrons. The third-order valence-electron chi connectivity index (χ3n) is 5.14. The van der Waals surface area contributed by atoms with E-state index in [1.54, 1.807) is 0 Å². The Balaban J connectivity index is 1.76. The number of piperazine rings is 1. The lowest BCUT2D eigenvalue weighted by atomic mass is 10.0. The Labute approximate surface area is 162 Å². The van der Waals surface area contributed by atoms with Gasteiger partial charge in [-0.2, -0.15) is 0 Å². The van der Waals surface area contributed by atoms with Crippen molar-refractivity contribution < 1.29 is 4.79 Å². The summed E-state index contributed by atoms with van der Waals surface area (Å²) in [6.45, 7) is 9.87. The van der Waals surface area contributed by atoms with Gasteiger partial charge in [0.25, 0.3) is 0 Å². The van der Waals surface area contributed by atoms with Gasteiger partial charge in [0.2, 0.25) is 5.91 Å². The van der Waals surface area contributed by atoms with Crippen LogP contribution in [-0.2, 0) is 18.4 Å². The van der Waals surface area contributed by atoms with Gasteiger partial charge in [-0.1, -0.05) is 30.3 Å². The van der Waals surface area contributed by atoms with Gasteiger partial charge >= 0.3 is 0 Å². The molecule has 1 saturated heterocycles. The van der Waals surface area contributed by atoms with E-state index in [0.717, 1.165) is 31.0 Å². The summed E-state index contributed by atoms with van der Waals surface area (Å²) in [6, 6.07) is 10.3. The smallest absolute Gasteiger partial charge is 0.237 e. The molecular formula is C21H31N5O. The average molecular weight is 370 g/mol. The SMILES string of the molecule is Cn1ccnc1C1CNCCN1CC(=O)N(Cc1ccccc1)C(C)(C)C. The summed E-state index contributed by atoms with van der Waals surface area (Å²) in [5.41, 5.74) is 0.918. The first-order valence-electron chi connectivity index (χ1n) is 9.62. The van der Waals surface area contributed by atoms with Gasteiger partial charge in [-0.15, -0.1) is 0 Å². The van der Waals surface area contributed by atoms with Gasteiger partial charge in [-0.25, -0.2) is 4.98 Å². The van der Waals surface area contributed by atoms with Gasteiger partial charge in [-0.3, -0.25) is 9.69 Å². The van der Waals surface area contributed by atoms with Gasteiger partial charge in [0.05, 0.1) is 12.6 Å². The van der Waals surface area contributed by atoms with Crippen LogP contribution in [-0.4, -0.2) is 57.0 Å². The summed E-state index contributed by atoms with van der Waals surface area (Å²) in [5, 5.41) is 3.43. The van der Waals surface area contributed by atoms with E-state index in [2.05, 4.69) is 48.1 Å². The summed E-state index contributed by atoms with van der Waals surface area (Å²) < 4.78 is 2.04. The van der Waals surface area contributed by atoms with Crippen LogP contribution < -0.4 is 5.32 Å². The Hall–Kier alpha value is -2.18. The van der Waals surface area contributed by atoms with E-state index >= 15 is 0 Å². The molecule has 1 aromatic heterocycles. The third-order valence-corrected chi connectivity index (χ3v) is 5.14. The fraction of sp³-hybridized carbons (Fsp3) is 0.524. The quantitative estimate of drug-likeness (QED) is 0.878. The van der Waals surface area contributed by atoms with Crippen LogP contribution in [0.1, 0.15) is 38.2 Å². The lowest BCUT2D eigenvalue weighted by Gasteiger charge is -2.40. The predicted octanol–water partition coefficient (Wildman–Crippen LogP) is 2.19. The number of imidazole rings is 1. The molecule has 0 aliphatic carbocycles. The highest BCUT2D eigenvalue weighted by molar-refractivity contribution is 5.79. The van der Waals surface area contributed by atoms with Crippen LogP contribution in [0.15, 0.2) is 42.7 Å². The van der Waals surface area contributed by atoms with E-state index in [-0.39, 0.29) is 17.5 Å². The van der Waals surface area contributed by atoms with Crippen molar-refractivity contribution in [3.8, 4) is 0 Å².